The topological polar surface area (TPSA) is 90.5 Å². The first-order chi connectivity index (χ1) is 8.31. The molecule has 0 spiro atoms. The lowest BCUT2D eigenvalue weighted by atomic mass is 9.85. The number of carbonyl (C=O) groups is 1. The molecule has 0 amide bonds. The first-order valence-corrected chi connectivity index (χ1v) is 5.35. The zero-order valence-electron chi connectivity index (χ0n) is 10.5. The number of phenolic OH excluding ortho intramolecular Hbond substituents is 1. The first-order valence-electron chi connectivity index (χ1n) is 5.35. The molecule has 0 saturated heterocycles. The van der Waals surface area contributed by atoms with Gasteiger partial charge in [-0.3, -0.25) is 4.79 Å². The number of rotatable bonds is 4. The summed E-state index contributed by atoms with van der Waals surface area (Å²) >= 11 is 0. The fraction of sp³-hybridized carbons (Fsp3) is 0.385. The summed E-state index contributed by atoms with van der Waals surface area (Å²) in [6.45, 7) is 3.11. The van der Waals surface area contributed by atoms with Crippen LogP contribution >= 0.6 is 0 Å². The predicted octanol–water partition coefficient (Wildman–Crippen LogP) is 1.93. The number of methoxy groups -OCH3 is 1. The second kappa shape index (κ2) is 4.96. The first kappa shape index (κ1) is 13.8. The Bertz CT molecular complexity index is 514. The van der Waals surface area contributed by atoms with Crippen molar-refractivity contribution in [2.24, 2.45) is 5.41 Å². The molecule has 0 aliphatic rings. The van der Waals surface area contributed by atoms with Crippen molar-refractivity contribution in [1.29, 1.82) is 5.26 Å². The van der Waals surface area contributed by atoms with Crippen LogP contribution in [-0.2, 0) is 11.2 Å². The van der Waals surface area contributed by atoms with Crippen molar-refractivity contribution in [2.75, 3.05) is 7.11 Å². The molecule has 0 atom stereocenters. The number of carboxylic acid groups (broad SMARTS) is 1. The summed E-state index contributed by atoms with van der Waals surface area (Å²) in [6.07, 6.45) is 0.111. The van der Waals surface area contributed by atoms with Gasteiger partial charge in [0.2, 0.25) is 0 Å². The molecular weight excluding hydrogens is 234 g/mol. The lowest BCUT2D eigenvalue weighted by molar-refractivity contribution is -0.146. The summed E-state index contributed by atoms with van der Waals surface area (Å²) in [5.74, 6) is -0.917. The summed E-state index contributed by atoms with van der Waals surface area (Å²) in [4.78, 5) is 11.1. The van der Waals surface area contributed by atoms with Gasteiger partial charge < -0.3 is 14.9 Å². The van der Waals surface area contributed by atoms with Crippen LogP contribution in [0.4, 0.5) is 0 Å². The molecule has 0 fully saturated rings. The van der Waals surface area contributed by atoms with Gasteiger partial charge in [0.1, 0.15) is 0 Å². The van der Waals surface area contributed by atoms with Crippen molar-refractivity contribution in [3.63, 3.8) is 0 Å². The van der Waals surface area contributed by atoms with E-state index in [1.165, 1.54) is 19.2 Å². The largest absolute Gasteiger partial charge is 0.504 e. The van der Waals surface area contributed by atoms with E-state index in [0.29, 0.717) is 11.1 Å². The van der Waals surface area contributed by atoms with E-state index in [4.69, 9.17) is 15.1 Å². The van der Waals surface area contributed by atoms with Gasteiger partial charge in [-0.15, -0.1) is 0 Å². The van der Waals surface area contributed by atoms with E-state index in [-0.39, 0.29) is 17.9 Å². The number of phenols is 1. The minimum atomic E-state index is -1.03. The lowest BCUT2D eigenvalue weighted by Crippen LogP contribution is -2.26. The van der Waals surface area contributed by atoms with E-state index < -0.39 is 11.4 Å². The van der Waals surface area contributed by atoms with Gasteiger partial charge in [0.25, 0.3) is 0 Å². The van der Waals surface area contributed by atoms with E-state index in [2.05, 4.69) is 0 Å². The molecule has 0 bridgehead atoms. The predicted molar refractivity (Wildman–Crippen MR) is 64.5 cm³/mol. The van der Waals surface area contributed by atoms with Gasteiger partial charge in [-0.05, 0) is 26.3 Å². The van der Waals surface area contributed by atoms with E-state index in [1.807, 2.05) is 6.07 Å². The second-order valence-electron chi connectivity index (χ2n) is 4.66. The summed E-state index contributed by atoms with van der Waals surface area (Å²) in [5.41, 5.74) is -0.324. The third kappa shape index (κ3) is 2.72. The Kier molecular flexibility index (Phi) is 3.82. The Morgan fingerprint density at radius 3 is 2.56 bits per heavy atom. The molecule has 5 heteroatoms. The molecule has 18 heavy (non-hydrogen) atoms. The standard InChI is InChI=1S/C13H15NO4/c1-13(2,12(16)17)6-9-4-8(7-14)5-10(18-3)11(9)15/h4-5,15H,6H2,1-3H3,(H,16,17). The molecular formula is C13H15NO4. The minimum absolute atomic E-state index is 0.111. The average Bonchev–Trinajstić information content (AvgIpc) is 2.31. The Morgan fingerprint density at radius 1 is 1.50 bits per heavy atom. The molecule has 5 nitrogen and oxygen atoms in total. The third-order valence-corrected chi connectivity index (χ3v) is 2.71. The van der Waals surface area contributed by atoms with E-state index in [9.17, 15) is 9.90 Å². The fourth-order valence-corrected chi connectivity index (χ4v) is 1.57. The van der Waals surface area contributed by atoms with Crippen LogP contribution in [-0.4, -0.2) is 23.3 Å². The summed E-state index contributed by atoms with van der Waals surface area (Å²) < 4.78 is 4.95. The van der Waals surface area contributed by atoms with E-state index in [1.54, 1.807) is 13.8 Å². The van der Waals surface area contributed by atoms with Gasteiger partial charge >= 0.3 is 5.97 Å². The quantitative estimate of drug-likeness (QED) is 0.850. The molecule has 1 aromatic rings. The van der Waals surface area contributed by atoms with Crippen molar-refractivity contribution in [1.82, 2.24) is 0 Å². The molecule has 0 aliphatic carbocycles. The summed E-state index contributed by atoms with van der Waals surface area (Å²) in [5, 5.41) is 27.9. The summed E-state index contributed by atoms with van der Waals surface area (Å²) in [6, 6.07) is 4.83. The number of nitrogens with zero attached hydrogens (tertiary/aromatic N) is 1. The third-order valence-electron chi connectivity index (χ3n) is 2.71. The summed E-state index contributed by atoms with van der Waals surface area (Å²) in [7, 11) is 1.38. The molecule has 0 aromatic heterocycles. The van der Waals surface area contributed by atoms with Gasteiger partial charge in [0.15, 0.2) is 11.5 Å². The van der Waals surface area contributed by atoms with Crippen molar-refractivity contribution in [3.8, 4) is 17.6 Å². The zero-order chi connectivity index (χ0) is 13.9. The van der Waals surface area contributed by atoms with Gasteiger partial charge in [0, 0.05) is 11.6 Å². The Morgan fingerprint density at radius 2 is 2.11 bits per heavy atom. The average molecular weight is 249 g/mol. The number of hydrogen-bond donors (Lipinski definition) is 2. The molecule has 0 unspecified atom stereocenters. The van der Waals surface area contributed by atoms with Gasteiger partial charge in [-0.1, -0.05) is 0 Å². The highest BCUT2D eigenvalue weighted by atomic mass is 16.5. The number of benzene rings is 1. The van der Waals surface area contributed by atoms with Gasteiger partial charge in [-0.2, -0.15) is 5.26 Å². The van der Waals surface area contributed by atoms with Crippen molar-refractivity contribution >= 4 is 5.97 Å². The van der Waals surface area contributed by atoms with Crippen LogP contribution in [0.15, 0.2) is 12.1 Å². The van der Waals surface area contributed by atoms with Crippen LogP contribution in [0.2, 0.25) is 0 Å². The Balaban J connectivity index is 3.25. The molecule has 0 saturated carbocycles. The molecule has 0 aliphatic heterocycles. The minimum Gasteiger partial charge on any atom is -0.504 e. The van der Waals surface area contributed by atoms with Crippen molar-refractivity contribution in [2.45, 2.75) is 20.3 Å². The molecule has 1 rings (SSSR count). The highest BCUT2D eigenvalue weighted by Gasteiger charge is 2.29. The number of aliphatic carboxylic acids is 1. The maximum Gasteiger partial charge on any atom is 0.309 e. The molecule has 2 N–H and O–H groups in total. The SMILES string of the molecule is COc1cc(C#N)cc(CC(C)(C)C(=O)O)c1O. The van der Waals surface area contributed by atoms with Gasteiger partial charge in [0.05, 0.1) is 24.2 Å². The zero-order valence-corrected chi connectivity index (χ0v) is 10.5. The number of ether oxygens (including phenoxy) is 1. The fourth-order valence-electron chi connectivity index (χ4n) is 1.57. The number of aromatic hydroxyl groups is 1. The van der Waals surface area contributed by atoms with E-state index in [0.717, 1.165) is 0 Å². The maximum atomic E-state index is 11.1. The molecule has 96 valence electrons. The van der Waals surface area contributed by atoms with Gasteiger partial charge in [-0.25, -0.2) is 0 Å². The number of carboxylic acids is 1. The monoisotopic (exact) mass is 249 g/mol. The van der Waals surface area contributed by atoms with E-state index >= 15 is 0 Å². The lowest BCUT2D eigenvalue weighted by Gasteiger charge is -2.20. The number of hydrogen-bond acceptors (Lipinski definition) is 4. The molecule has 0 radical (unpaired) electrons. The Labute approximate surface area is 105 Å². The van der Waals surface area contributed by atoms with Crippen LogP contribution < -0.4 is 4.74 Å². The maximum absolute atomic E-state index is 11.1. The van der Waals surface area contributed by atoms with Crippen LogP contribution in [0.1, 0.15) is 25.0 Å². The molecule has 1 aromatic carbocycles. The highest BCUT2D eigenvalue weighted by molar-refractivity contribution is 5.74. The normalized spacial score (nSPS) is 10.8. The number of nitriles is 1. The van der Waals surface area contributed by atoms with Crippen LogP contribution in [0.25, 0.3) is 0 Å². The second-order valence-corrected chi connectivity index (χ2v) is 4.66. The van der Waals surface area contributed by atoms with Crippen LogP contribution in [0, 0.1) is 16.7 Å². The molecule has 0 heterocycles. The van der Waals surface area contributed by atoms with Crippen LogP contribution in [0.3, 0.4) is 0 Å². The smallest absolute Gasteiger partial charge is 0.309 e. The highest BCUT2D eigenvalue weighted by Crippen LogP contribution is 2.35. The van der Waals surface area contributed by atoms with Crippen molar-refractivity contribution in [3.05, 3.63) is 23.3 Å². The van der Waals surface area contributed by atoms with Crippen molar-refractivity contribution < 1.29 is 19.7 Å². The Hall–Kier alpha value is -2.22. The van der Waals surface area contributed by atoms with Crippen LogP contribution in [0.5, 0.6) is 11.5 Å².